The molecule has 0 aliphatic rings. The van der Waals surface area contributed by atoms with Gasteiger partial charge in [0.15, 0.2) is 6.61 Å². The maximum Gasteiger partial charge on any atom is 0.258 e. The minimum absolute atomic E-state index is 0.0558. The van der Waals surface area contributed by atoms with Crippen LogP contribution >= 0.6 is 0 Å². The Kier molecular flexibility index (Phi) is 5.73. The number of benzene rings is 2. The minimum Gasteiger partial charge on any atom is -0.494 e. The Morgan fingerprint density at radius 1 is 1.12 bits per heavy atom. The molecule has 0 spiro atoms. The minimum atomic E-state index is -0.233. The normalized spacial score (nSPS) is 11.9. The van der Waals surface area contributed by atoms with Crippen molar-refractivity contribution in [3.63, 3.8) is 0 Å². The third-order valence-electron chi connectivity index (χ3n) is 3.86. The Labute approximate surface area is 152 Å². The molecule has 0 saturated carbocycles. The van der Waals surface area contributed by atoms with Gasteiger partial charge in [-0.3, -0.25) is 4.79 Å². The number of carbonyl (C=O) groups excluding carboxylic acids is 1. The number of aromatic nitrogens is 2. The van der Waals surface area contributed by atoms with Gasteiger partial charge in [0, 0.05) is 0 Å². The molecular formula is C20H23N3O3. The van der Waals surface area contributed by atoms with Gasteiger partial charge < -0.3 is 19.8 Å². The molecule has 1 heterocycles. The molecule has 3 aromatic rings. The van der Waals surface area contributed by atoms with E-state index in [4.69, 9.17) is 9.47 Å². The van der Waals surface area contributed by atoms with E-state index >= 15 is 0 Å². The molecule has 0 unspecified atom stereocenters. The van der Waals surface area contributed by atoms with Crippen molar-refractivity contribution in [1.82, 2.24) is 15.3 Å². The molecule has 0 aliphatic heterocycles. The summed E-state index contributed by atoms with van der Waals surface area (Å²) in [5, 5.41) is 2.88. The number of nitrogens with one attached hydrogen (secondary N) is 2. The van der Waals surface area contributed by atoms with Crippen LogP contribution in [0.5, 0.6) is 11.5 Å². The molecule has 2 N–H and O–H groups in total. The summed E-state index contributed by atoms with van der Waals surface area (Å²) in [7, 11) is 0. The summed E-state index contributed by atoms with van der Waals surface area (Å²) in [5.74, 6) is 1.93. The standard InChI is InChI=1S/C20H23N3O3/c1-3-12-25-15-8-10-16(11-9-15)26-13-19(24)21-14(2)20-22-17-6-4-5-7-18(17)23-20/h4-11,14H,3,12-13H2,1-2H3,(H,21,24)(H,22,23)/t14-/m0/s1. The summed E-state index contributed by atoms with van der Waals surface area (Å²) in [6.45, 7) is 4.57. The highest BCUT2D eigenvalue weighted by Crippen LogP contribution is 2.18. The number of fused-ring (bicyclic) bond motifs is 1. The molecule has 3 rings (SSSR count). The zero-order valence-corrected chi connectivity index (χ0v) is 15.0. The number of hydrogen-bond acceptors (Lipinski definition) is 4. The van der Waals surface area contributed by atoms with Crippen molar-refractivity contribution in [1.29, 1.82) is 0 Å². The van der Waals surface area contributed by atoms with E-state index in [-0.39, 0.29) is 18.6 Å². The molecule has 2 aromatic carbocycles. The second kappa shape index (κ2) is 8.38. The first-order valence-corrected chi connectivity index (χ1v) is 8.75. The summed E-state index contributed by atoms with van der Waals surface area (Å²) in [5.41, 5.74) is 1.83. The van der Waals surface area contributed by atoms with Crippen LogP contribution in [-0.2, 0) is 4.79 Å². The average Bonchev–Trinajstić information content (AvgIpc) is 3.10. The molecule has 1 atom stereocenters. The maximum atomic E-state index is 12.1. The monoisotopic (exact) mass is 353 g/mol. The zero-order valence-electron chi connectivity index (χ0n) is 15.0. The SMILES string of the molecule is CCCOc1ccc(OCC(=O)N[C@@H](C)c2nc3ccccc3[nH]2)cc1. The summed E-state index contributed by atoms with van der Waals surface area (Å²) in [4.78, 5) is 19.8. The number of amides is 1. The van der Waals surface area contributed by atoms with Crippen molar-refractivity contribution in [3.05, 3.63) is 54.4 Å². The number of imidazole rings is 1. The molecule has 6 heteroatoms. The Balaban J connectivity index is 1.50. The number of carbonyl (C=O) groups is 1. The fourth-order valence-electron chi connectivity index (χ4n) is 2.53. The predicted molar refractivity (Wildman–Crippen MR) is 100 cm³/mol. The van der Waals surface area contributed by atoms with E-state index in [0.717, 1.165) is 29.0 Å². The van der Waals surface area contributed by atoms with Crippen LogP contribution in [0.3, 0.4) is 0 Å². The van der Waals surface area contributed by atoms with Gasteiger partial charge in [-0.05, 0) is 49.7 Å². The highest BCUT2D eigenvalue weighted by atomic mass is 16.5. The van der Waals surface area contributed by atoms with Crippen LogP contribution in [0, 0.1) is 0 Å². The fraction of sp³-hybridized carbons (Fsp3) is 0.300. The van der Waals surface area contributed by atoms with E-state index in [0.29, 0.717) is 12.4 Å². The van der Waals surface area contributed by atoms with Crippen LogP contribution in [0.1, 0.15) is 32.1 Å². The first-order chi connectivity index (χ1) is 12.7. The van der Waals surface area contributed by atoms with Gasteiger partial charge >= 0.3 is 0 Å². The lowest BCUT2D eigenvalue weighted by Crippen LogP contribution is -2.31. The molecule has 136 valence electrons. The molecule has 0 saturated heterocycles. The topological polar surface area (TPSA) is 76.2 Å². The van der Waals surface area contributed by atoms with E-state index in [1.165, 1.54) is 0 Å². The third-order valence-corrected chi connectivity index (χ3v) is 3.86. The molecule has 0 aliphatic carbocycles. The third kappa shape index (κ3) is 4.53. The van der Waals surface area contributed by atoms with Crippen LogP contribution in [0.4, 0.5) is 0 Å². The van der Waals surface area contributed by atoms with Crippen molar-refractivity contribution in [2.75, 3.05) is 13.2 Å². The van der Waals surface area contributed by atoms with E-state index < -0.39 is 0 Å². The van der Waals surface area contributed by atoms with Crippen LogP contribution in [-0.4, -0.2) is 29.1 Å². The predicted octanol–water partition coefficient (Wildman–Crippen LogP) is 3.61. The first-order valence-electron chi connectivity index (χ1n) is 8.75. The quantitative estimate of drug-likeness (QED) is 0.649. The van der Waals surface area contributed by atoms with Gasteiger partial charge in [0.05, 0.1) is 23.7 Å². The smallest absolute Gasteiger partial charge is 0.258 e. The Bertz CT molecular complexity index is 825. The van der Waals surface area contributed by atoms with E-state index in [2.05, 4.69) is 22.2 Å². The number of rotatable bonds is 8. The van der Waals surface area contributed by atoms with Gasteiger partial charge in [-0.2, -0.15) is 0 Å². The van der Waals surface area contributed by atoms with Crippen molar-refractivity contribution in [2.45, 2.75) is 26.3 Å². The Morgan fingerprint density at radius 3 is 2.50 bits per heavy atom. The summed E-state index contributed by atoms with van der Waals surface area (Å²) >= 11 is 0. The maximum absolute atomic E-state index is 12.1. The van der Waals surface area contributed by atoms with Gasteiger partial charge in [-0.1, -0.05) is 19.1 Å². The number of hydrogen-bond donors (Lipinski definition) is 2. The number of aromatic amines is 1. The molecule has 1 aromatic heterocycles. The lowest BCUT2D eigenvalue weighted by Gasteiger charge is -2.12. The number of nitrogens with zero attached hydrogens (tertiary/aromatic N) is 1. The number of H-pyrrole nitrogens is 1. The number of para-hydroxylation sites is 2. The fourth-order valence-corrected chi connectivity index (χ4v) is 2.53. The zero-order chi connectivity index (χ0) is 18.4. The largest absolute Gasteiger partial charge is 0.494 e. The van der Waals surface area contributed by atoms with Gasteiger partial charge in [0.2, 0.25) is 0 Å². The molecule has 0 bridgehead atoms. The second-order valence-corrected chi connectivity index (χ2v) is 6.04. The van der Waals surface area contributed by atoms with Crippen LogP contribution in [0.25, 0.3) is 11.0 Å². The first kappa shape index (κ1) is 17.8. The van der Waals surface area contributed by atoms with Gasteiger partial charge in [-0.15, -0.1) is 0 Å². The van der Waals surface area contributed by atoms with E-state index in [9.17, 15) is 4.79 Å². The molecule has 6 nitrogen and oxygen atoms in total. The van der Waals surface area contributed by atoms with Gasteiger partial charge in [0.1, 0.15) is 17.3 Å². The highest BCUT2D eigenvalue weighted by molar-refractivity contribution is 5.78. The summed E-state index contributed by atoms with van der Waals surface area (Å²) in [6, 6.07) is 14.8. The van der Waals surface area contributed by atoms with Gasteiger partial charge in [0.25, 0.3) is 5.91 Å². The van der Waals surface area contributed by atoms with Crippen molar-refractivity contribution >= 4 is 16.9 Å². The Hall–Kier alpha value is -3.02. The van der Waals surface area contributed by atoms with Gasteiger partial charge in [-0.25, -0.2) is 4.98 Å². The molecule has 1 amide bonds. The average molecular weight is 353 g/mol. The van der Waals surface area contributed by atoms with Crippen LogP contribution in [0.2, 0.25) is 0 Å². The summed E-state index contributed by atoms with van der Waals surface area (Å²) < 4.78 is 11.0. The molecule has 0 fully saturated rings. The summed E-state index contributed by atoms with van der Waals surface area (Å²) in [6.07, 6.45) is 0.960. The number of ether oxygens (including phenoxy) is 2. The molecule has 26 heavy (non-hydrogen) atoms. The van der Waals surface area contributed by atoms with Crippen molar-refractivity contribution < 1.29 is 14.3 Å². The highest BCUT2D eigenvalue weighted by Gasteiger charge is 2.14. The van der Waals surface area contributed by atoms with Crippen LogP contribution in [0.15, 0.2) is 48.5 Å². The van der Waals surface area contributed by atoms with Crippen molar-refractivity contribution in [2.24, 2.45) is 0 Å². The second-order valence-electron chi connectivity index (χ2n) is 6.04. The lowest BCUT2D eigenvalue weighted by atomic mass is 10.3. The lowest BCUT2D eigenvalue weighted by molar-refractivity contribution is -0.123. The van der Waals surface area contributed by atoms with Crippen molar-refractivity contribution in [3.8, 4) is 11.5 Å². The molecule has 0 radical (unpaired) electrons. The van der Waals surface area contributed by atoms with Crippen LogP contribution < -0.4 is 14.8 Å². The van der Waals surface area contributed by atoms with E-state index in [1.807, 2.05) is 43.3 Å². The molecular weight excluding hydrogens is 330 g/mol. The van der Waals surface area contributed by atoms with E-state index in [1.54, 1.807) is 12.1 Å². The Morgan fingerprint density at radius 2 is 1.81 bits per heavy atom.